The van der Waals surface area contributed by atoms with Crippen LogP contribution in [0.4, 0.5) is 0 Å². The number of piperidine rings is 1. The molecule has 1 aromatic heterocycles. The van der Waals surface area contributed by atoms with Crippen molar-refractivity contribution in [1.82, 2.24) is 15.2 Å². The third-order valence-electron chi connectivity index (χ3n) is 4.61. The van der Waals surface area contributed by atoms with E-state index in [1.54, 1.807) is 0 Å². The van der Waals surface area contributed by atoms with E-state index >= 15 is 0 Å². The number of nitrogens with zero attached hydrogens (tertiary/aromatic N) is 2. The van der Waals surface area contributed by atoms with Crippen molar-refractivity contribution < 1.29 is 0 Å². The van der Waals surface area contributed by atoms with Crippen LogP contribution in [0, 0.1) is 5.41 Å². The summed E-state index contributed by atoms with van der Waals surface area (Å²) in [6.07, 6.45) is 5.28. The summed E-state index contributed by atoms with van der Waals surface area (Å²) < 4.78 is 0. The van der Waals surface area contributed by atoms with Crippen molar-refractivity contribution in [2.45, 2.75) is 58.7 Å². The molecule has 0 atom stereocenters. The Morgan fingerprint density at radius 2 is 1.90 bits per heavy atom. The number of rotatable bonds is 5. The summed E-state index contributed by atoms with van der Waals surface area (Å²) in [7, 11) is 0. The van der Waals surface area contributed by atoms with Crippen molar-refractivity contribution in [2.24, 2.45) is 5.41 Å². The fourth-order valence-electron chi connectivity index (χ4n) is 2.80. The largest absolute Gasteiger partial charge is 0.308 e. The van der Waals surface area contributed by atoms with Gasteiger partial charge in [0.1, 0.15) is 0 Å². The normalized spacial score (nSPS) is 22.9. The molecule has 2 fully saturated rings. The lowest BCUT2D eigenvalue weighted by Gasteiger charge is -2.36. The van der Waals surface area contributed by atoms with Gasteiger partial charge in [0.2, 0.25) is 0 Å². The SMILES string of the molecule is CC1(C)CCN(Cc2cccc(CNC3CC3)n2)CC1. The summed E-state index contributed by atoms with van der Waals surface area (Å²) in [5.41, 5.74) is 2.94. The molecule has 0 amide bonds. The van der Waals surface area contributed by atoms with E-state index in [1.165, 1.54) is 50.2 Å². The summed E-state index contributed by atoms with van der Waals surface area (Å²) in [6.45, 7) is 9.11. The van der Waals surface area contributed by atoms with Crippen LogP contribution in [-0.4, -0.2) is 29.0 Å². The van der Waals surface area contributed by atoms with Gasteiger partial charge in [-0.15, -0.1) is 0 Å². The molecule has 0 radical (unpaired) electrons. The van der Waals surface area contributed by atoms with E-state index < -0.39 is 0 Å². The number of hydrogen-bond donors (Lipinski definition) is 1. The maximum atomic E-state index is 4.80. The molecule has 20 heavy (non-hydrogen) atoms. The van der Waals surface area contributed by atoms with Gasteiger partial charge in [-0.2, -0.15) is 0 Å². The van der Waals surface area contributed by atoms with Gasteiger partial charge in [0.05, 0.1) is 11.4 Å². The first kappa shape index (κ1) is 14.0. The Morgan fingerprint density at radius 1 is 1.20 bits per heavy atom. The molecular formula is C17H27N3. The van der Waals surface area contributed by atoms with E-state index in [-0.39, 0.29) is 0 Å². The van der Waals surface area contributed by atoms with Crippen LogP contribution in [0.2, 0.25) is 0 Å². The first-order chi connectivity index (χ1) is 9.61. The fourth-order valence-corrected chi connectivity index (χ4v) is 2.80. The summed E-state index contributed by atoms with van der Waals surface area (Å²) >= 11 is 0. The highest BCUT2D eigenvalue weighted by Crippen LogP contribution is 2.30. The quantitative estimate of drug-likeness (QED) is 0.894. The van der Waals surface area contributed by atoms with Crippen LogP contribution < -0.4 is 5.32 Å². The molecule has 3 heteroatoms. The van der Waals surface area contributed by atoms with E-state index in [0.29, 0.717) is 5.41 Å². The van der Waals surface area contributed by atoms with Gasteiger partial charge in [-0.1, -0.05) is 19.9 Å². The van der Waals surface area contributed by atoms with E-state index in [2.05, 4.69) is 42.3 Å². The van der Waals surface area contributed by atoms with Gasteiger partial charge in [-0.3, -0.25) is 9.88 Å². The summed E-state index contributed by atoms with van der Waals surface area (Å²) in [4.78, 5) is 7.35. The van der Waals surface area contributed by atoms with Crippen molar-refractivity contribution >= 4 is 0 Å². The van der Waals surface area contributed by atoms with Gasteiger partial charge in [0.15, 0.2) is 0 Å². The van der Waals surface area contributed by atoms with Crippen molar-refractivity contribution in [2.75, 3.05) is 13.1 Å². The first-order valence-corrected chi connectivity index (χ1v) is 8.01. The van der Waals surface area contributed by atoms with E-state index in [1.807, 2.05) is 0 Å². The van der Waals surface area contributed by atoms with Crippen LogP contribution >= 0.6 is 0 Å². The second-order valence-electron chi connectivity index (χ2n) is 7.22. The average molecular weight is 273 g/mol. The number of aromatic nitrogens is 1. The number of hydrogen-bond acceptors (Lipinski definition) is 3. The highest BCUT2D eigenvalue weighted by molar-refractivity contribution is 5.11. The maximum absolute atomic E-state index is 4.80. The Kier molecular flexibility index (Phi) is 4.08. The third-order valence-corrected chi connectivity index (χ3v) is 4.61. The topological polar surface area (TPSA) is 28.2 Å². The molecule has 1 saturated heterocycles. The monoisotopic (exact) mass is 273 g/mol. The molecule has 0 aromatic carbocycles. The van der Waals surface area contributed by atoms with Crippen molar-refractivity contribution in [3.05, 3.63) is 29.6 Å². The zero-order valence-corrected chi connectivity index (χ0v) is 12.9. The number of pyridine rings is 1. The second-order valence-corrected chi connectivity index (χ2v) is 7.22. The average Bonchev–Trinajstić information content (AvgIpc) is 3.24. The van der Waals surface area contributed by atoms with Gasteiger partial charge < -0.3 is 5.32 Å². The molecule has 2 heterocycles. The van der Waals surface area contributed by atoms with Gasteiger partial charge in [0.25, 0.3) is 0 Å². The van der Waals surface area contributed by atoms with Crippen LogP contribution in [0.3, 0.4) is 0 Å². The predicted molar refractivity (Wildman–Crippen MR) is 82.4 cm³/mol. The van der Waals surface area contributed by atoms with Crippen LogP contribution in [0.1, 0.15) is 50.9 Å². The van der Waals surface area contributed by atoms with Gasteiger partial charge >= 0.3 is 0 Å². The zero-order chi connectivity index (χ0) is 14.0. The second kappa shape index (κ2) is 5.82. The molecular weight excluding hydrogens is 246 g/mol. The molecule has 3 nitrogen and oxygen atoms in total. The lowest BCUT2D eigenvalue weighted by molar-refractivity contribution is 0.126. The van der Waals surface area contributed by atoms with Crippen LogP contribution in [0.25, 0.3) is 0 Å². The van der Waals surface area contributed by atoms with Crippen molar-refractivity contribution in [1.29, 1.82) is 0 Å². The fraction of sp³-hybridized carbons (Fsp3) is 0.706. The first-order valence-electron chi connectivity index (χ1n) is 8.01. The maximum Gasteiger partial charge on any atom is 0.0547 e. The van der Waals surface area contributed by atoms with Crippen LogP contribution in [-0.2, 0) is 13.1 Å². The van der Waals surface area contributed by atoms with Gasteiger partial charge in [-0.05, 0) is 56.3 Å². The predicted octanol–water partition coefficient (Wildman–Crippen LogP) is 2.96. The molecule has 3 rings (SSSR count). The Morgan fingerprint density at radius 3 is 2.60 bits per heavy atom. The Bertz CT molecular complexity index is 441. The Balaban J connectivity index is 1.52. The van der Waals surface area contributed by atoms with Crippen molar-refractivity contribution in [3.8, 4) is 0 Å². The zero-order valence-electron chi connectivity index (χ0n) is 12.9. The molecule has 0 bridgehead atoms. The van der Waals surface area contributed by atoms with E-state index in [4.69, 9.17) is 4.98 Å². The van der Waals surface area contributed by atoms with Gasteiger partial charge in [0, 0.05) is 19.1 Å². The van der Waals surface area contributed by atoms with E-state index in [0.717, 1.165) is 19.1 Å². The standard InChI is InChI=1S/C17H27N3/c1-17(2)8-10-20(11-9-17)13-16-5-3-4-15(19-16)12-18-14-6-7-14/h3-5,14,18H,6-13H2,1-2H3. The molecule has 0 spiro atoms. The van der Waals surface area contributed by atoms with E-state index in [9.17, 15) is 0 Å². The van der Waals surface area contributed by atoms with Crippen LogP contribution in [0.15, 0.2) is 18.2 Å². The molecule has 1 N–H and O–H groups in total. The lowest BCUT2D eigenvalue weighted by Crippen LogP contribution is -2.37. The molecule has 2 aliphatic rings. The smallest absolute Gasteiger partial charge is 0.0547 e. The Hall–Kier alpha value is -0.930. The number of likely N-dealkylation sites (tertiary alicyclic amines) is 1. The molecule has 1 aliphatic carbocycles. The lowest BCUT2D eigenvalue weighted by atomic mass is 9.83. The summed E-state index contributed by atoms with van der Waals surface area (Å²) in [5, 5.41) is 3.54. The summed E-state index contributed by atoms with van der Waals surface area (Å²) in [5.74, 6) is 0. The molecule has 1 saturated carbocycles. The molecule has 1 aromatic rings. The third kappa shape index (κ3) is 4.03. The highest BCUT2D eigenvalue weighted by atomic mass is 15.1. The minimum Gasteiger partial charge on any atom is -0.308 e. The van der Waals surface area contributed by atoms with Crippen molar-refractivity contribution in [3.63, 3.8) is 0 Å². The molecule has 0 unspecified atom stereocenters. The van der Waals surface area contributed by atoms with Crippen LogP contribution in [0.5, 0.6) is 0 Å². The summed E-state index contributed by atoms with van der Waals surface area (Å²) in [6, 6.07) is 7.21. The minimum absolute atomic E-state index is 0.528. The van der Waals surface area contributed by atoms with Gasteiger partial charge in [-0.25, -0.2) is 0 Å². The Labute approximate surface area is 122 Å². The molecule has 1 aliphatic heterocycles. The molecule has 110 valence electrons. The number of nitrogens with one attached hydrogen (secondary N) is 1. The highest BCUT2D eigenvalue weighted by Gasteiger charge is 2.25. The minimum atomic E-state index is 0.528.